The highest BCUT2D eigenvalue weighted by atomic mass is 35.5. The van der Waals surface area contributed by atoms with Crippen LogP contribution in [0, 0.1) is 6.92 Å². The topological polar surface area (TPSA) is 96.0 Å². The van der Waals surface area contributed by atoms with Gasteiger partial charge in [-0.05, 0) is 43.7 Å². The van der Waals surface area contributed by atoms with Crippen LogP contribution in [-0.2, 0) is 26.2 Å². The van der Waals surface area contributed by atoms with Crippen LogP contribution in [0.2, 0.25) is 10.0 Å². The van der Waals surface area contributed by atoms with Crippen LogP contribution >= 0.6 is 23.2 Å². The van der Waals surface area contributed by atoms with Crippen LogP contribution in [0.15, 0.2) is 36.4 Å². The number of sulfonamides is 1. The van der Waals surface area contributed by atoms with Crippen LogP contribution in [0.1, 0.15) is 18.1 Å². The second-order valence-electron chi connectivity index (χ2n) is 7.46. The Morgan fingerprint density at radius 2 is 1.76 bits per heavy atom. The normalized spacial score (nSPS) is 12.1. The van der Waals surface area contributed by atoms with E-state index in [1.54, 1.807) is 50.2 Å². The van der Waals surface area contributed by atoms with Crippen molar-refractivity contribution < 1.29 is 22.7 Å². The van der Waals surface area contributed by atoms with E-state index in [0.717, 1.165) is 16.1 Å². The largest absolute Gasteiger partial charge is 0.495 e. The lowest BCUT2D eigenvalue weighted by Crippen LogP contribution is -2.50. The Hall–Kier alpha value is -2.49. The fourth-order valence-electron chi connectivity index (χ4n) is 3.23. The number of rotatable bonds is 9. The summed E-state index contributed by atoms with van der Waals surface area (Å²) in [5, 5.41) is 3.15. The van der Waals surface area contributed by atoms with Gasteiger partial charge in [0, 0.05) is 29.2 Å². The maximum Gasteiger partial charge on any atom is 0.244 e. The number of carbonyl (C=O) groups excluding carboxylic acids is 2. The van der Waals surface area contributed by atoms with Crippen molar-refractivity contribution in [2.24, 2.45) is 0 Å². The molecule has 1 atom stereocenters. The number of methoxy groups -OCH3 is 1. The molecule has 0 radical (unpaired) electrons. The van der Waals surface area contributed by atoms with Gasteiger partial charge in [-0.15, -0.1) is 0 Å². The minimum atomic E-state index is -3.88. The molecule has 180 valence electrons. The molecule has 0 spiro atoms. The van der Waals surface area contributed by atoms with Crippen molar-refractivity contribution >= 4 is 50.7 Å². The minimum Gasteiger partial charge on any atom is -0.495 e. The monoisotopic (exact) mass is 515 g/mol. The summed E-state index contributed by atoms with van der Waals surface area (Å²) in [6, 6.07) is 9.00. The number of aryl methyl sites for hydroxylation is 1. The zero-order chi connectivity index (χ0) is 24.9. The third-order valence-electron chi connectivity index (χ3n) is 5.09. The van der Waals surface area contributed by atoms with Crippen molar-refractivity contribution in [3.63, 3.8) is 0 Å². The first-order valence-corrected chi connectivity index (χ1v) is 12.6. The molecule has 0 aliphatic rings. The van der Waals surface area contributed by atoms with E-state index in [1.165, 1.54) is 19.1 Å². The zero-order valence-electron chi connectivity index (χ0n) is 19.1. The lowest BCUT2D eigenvalue weighted by molar-refractivity contribution is -0.139. The summed E-state index contributed by atoms with van der Waals surface area (Å²) in [5.74, 6) is -0.750. The van der Waals surface area contributed by atoms with Crippen molar-refractivity contribution in [1.29, 1.82) is 0 Å². The van der Waals surface area contributed by atoms with Crippen LogP contribution in [0.4, 0.5) is 5.69 Å². The molecule has 2 aromatic carbocycles. The molecule has 2 amide bonds. The molecule has 0 heterocycles. The Kier molecular flexibility index (Phi) is 8.99. The molecular weight excluding hydrogens is 489 g/mol. The molecule has 0 saturated heterocycles. The standard InChI is InChI=1S/C22H27Cl2N3O5S/c1-14-9-10-20(32-4)19(11-14)27(33(5,30)31)13-21(28)26(15(2)22(29)25-3)12-16-17(23)7-6-8-18(16)24/h6-11,15H,12-13H2,1-5H3,(H,25,29)/t15-/m0/s1. The van der Waals surface area contributed by atoms with Gasteiger partial charge >= 0.3 is 0 Å². The predicted molar refractivity (Wildman–Crippen MR) is 130 cm³/mol. The summed E-state index contributed by atoms with van der Waals surface area (Å²) in [6.07, 6.45) is 1.000. The SMILES string of the molecule is CNC(=O)[C@H](C)N(Cc1c(Cl)cccc1Cl)C(=O)CN(c1cc(C)ccc1OC)S(C)(=O)=O. The van der Waals surface area contributed by atoms with E-state index in [4.69, 9.17) is 27.9 Å². The number of carbonyl (C=O) groups is 2. The van der Waals surface area contributed by atoms with Gasteiger partial charge in [-0.2, -0.15) is 0 Å². The van der Waals surface area contributed by atoms with Gasteiger partial charge in [0.05, 0.1) is 19.1 Å². The summed E-state index contributed by atoms with van der Waals surface area (Å²) < 4.78 is 31.6. The molecule has 11 heteroatoms. The number of ether oxygens (including phenoxy) is 1. The number of halogens is 2. The molecule has 0 saturated carbocycles. The number of benzene rings is 2. The average molecular weight is 516 g/mol. The second-order valence-corrected chi connectivity index (χ2v) is 10.2. The van der Waals surface area contributed by atoms with Crippen molar-refractivity contribution in [1.82, 2.24) is 10.2 Å². The number of nitrogens with zero attached hydrogens (tertiary/aromatic N) is 2. The van der Waals surface area contributed by atoms with Gasteiger partial charge < -0.3 is 15.0 Å². The molecule has 0 fully saturated rings. The van der Waals surface area contributed by atoms with E-state index in [1.807, 2.05) is 0 Å². The zero-order valence-corrected chi connectivity index (χ0v) is 21.4. The fourth-order valence-corrected chi connectivity index (χ4v) is 4.60. The molecule has 33 heavy (non-hydrogen) atoms. The van der Waals surface area contributed by atoms with Gasteiger partial charge in [0.15, 0.2) is 0 Å². The highest BCUT2D eigenvalue weighted by molar-refractivity contribution is 7.92. The lowest BCUT2D eigenvalue weighted by atomic mass is 10.1. The van der Waals surface area contributed by atoms with Gasteiger partial charge in [0.2, 0.25) is 21.8 Å². The first kappa shape index (κ1) is 26.8. The third-order valence-corrected chi connectivity index (χ3v) is 6.92. The molecule has 0 bridgehead atoms. The molecule has 0 aliphatic carbocycles. The summed E-state index contributed by atoms with van der Waals surface area (Å²) in [4.78, 5) is 27.1. The van der Waals surface area contributed by atoms with Crippen molar-refractivity contribution in [2.45, 2.75) is 26.4 Å². The van der Waals surface area contributed by atoms with Crippen molar-refractivity contribution in [3.8, 4) is 5.75 Å². The smallest absolute Gasteiger partial charge is 0.244 e. The minimum absolute atomic E-state index is 0.0888. The predicted octanol–water partition coefficient (Wildman–Crippen LogP) is 3.24. The maximum absolute atomic E-state index is 13.5. The van der Waals surface area contributed by atoms with Crippen LogP contribution in [0.5, 0.6) is 5.75 Å². The Morgan fingerprint density at radius 3 is 2.27 bits per heavy atom. The number of hydrogen-bond donors (Lipinski definition) is 1. The van der Waals surface area contributed by atoms with Crippen LogP contribution in [0.25, 0.3) is 0 Å². The van der Waals surface area contributed by atoms with Crippen molar-refractivity contribution in [3.05, 3.63) is 57.6 Å². The molecule has 0 aliphatic heterocycles. The maximum atomic E-state index is 13.5. The molecule has 2 aromatic rings. The summed E-state index contributed by atoms with van der Waals surface area (Å²) in [6.45, 7) is 2.70. The van der Waals surface area contributed by atoms with Crippen LogP contribution in [-0.4, -0.2) is 58.1 Å². The number of anilines is 1. The fraction of sp³-hybridized carbons (Fsp3) is 0.364. The Labute approximate surface area is 204 Å². The van der Waals surface area contributed by atoms with Gasteiger partial charge in [-0.3, -0.25) is 13.9 Å². The van der Waals surface area contributed by atoms with E-state index in [9.17, 15) is 18.0 Å². The van der Waals surface area contributed by atoms with Gasteiger partial charge in [0.25, 0.3) is 0 Å². The quantitative estimate of drug-likeness (QED) is 0.552. The van der Waals surface area contributed by atoms with Crippen molar-refractivity contribution in [2.75, 3.05) is 31.3 Å². The van der Waals surface area contributed by atoms with Gasteiger partial charge in [0.1, 0.15) is 18.3 Å². The van der Waals surface area contributed by atoms with Gasteiger partial charge in [-0.25, -0.2) is 8.42 Å². The molecular formula is C22H27Cl2N3O5S. The Morgan fingerprint density at radius 1 is 1.15 bits per heavy atom. The molecule has 0 aromatic heterocycles. The summed E-state index contributed by atoms with van der Waals surface area (Å²) in [7, 11) is -1.02. The first-order valence-electron chi connectivity index (χ1n) is 9.97. The molecule has 2 rings (SSSR count). The first-order chi connectivity index (χ1) is 15.4. The highest BCUT2D eigenvalue weighted by Crippen LogP contribution is 2.32. The van der Waals surface area contributed by atoms with E-state index >= 15 is 0 Å². The van der Waals surface area contributed by atoms with E-state index in [0.29, 0.717) is 21.4 Å². The number of hydrogen-bond acceptors (Lipinski definition) is 5. The third kappa shape index (κ3) is 6.52. The average Bonchev–Trinajstić information content (AvgIpc) is 2.75. The number of nitrogens with one attached hydrogen (secondary N) is 1. The highest BCUT2D eigenvalue weighted by Gasteiger charge is 2.31. The Balaban J connectivity index is 2.51. The summed E-state index contributed by atoms with van der Waals surface area (Å²) in [5.41, 5.74) is 1.45. The van der Waals surface area contributed by atoms with Gasteiger partial charge in [-0.1, -0.05) is 35.3 Å². The lowest BCUT2D eigenvalue weighted by Gasteiger charge is -2.32. The van der Waals surface area contributed by atoms with Crippen LogP contribution in [0.3, 0.4) is 0 Å². The Bertz CT molecular complexity index is 1120. The van der Waals surface area contributed by atoms with E-state index in [2.05, 4.69) is 5.32 Å². The summed E-state index contributed by atoms with van der Waals surface area (Å²) >= 11 is 12.6. The second kappa shape index (κ2) is 11.1. The molecule has 8 nitrogen and oxygen atoms in total. The van der Waals surface area contributed by atoms with E-state index in [-0.39, 0.29) is 12.2 Å². The van der Waals surface area contributed by atoms with Crippen LogP contribution < -0.4 is 14.4 Å². The number of likely N-dealkylation sites (N-methyl/N-ethyl adjacent to an activating group) is 1. The number of amides is 2. The van der Waals surface area contributed by atoms with E-state index < -0.39 is 34.4 Å². The molecule has 0 unspecified atom stereocenters. The molecule has 1 N–H and O–H groups in total.